The third kappa shape index (κ3) is 5.91. The molecule has 0 fully saturated rings. The monoisotopic (exact) mass is 269 g/mol. The molecule has 0 aliphatic rings. The van der Waals surface area contributed by atoms with Crippen LogP contribution in [0.2, 0.25) is 0 Å². The number of nitrogens with one attached hydrogen (secondary N) is 1. The Morgan fingerprint density at radius 1 is 1.44 bits per heavy atom. The molecule has 0 aliphatic heterocycles. The summed E-state index contributed by atoms with van der Waals surface area (Å²) in [5, 5.41) is 3.02. The second-order valence-electron chi connectivity index (χ2n) is 4.21. The molecule has 18 heavy (non-hydrogen) atoms. The molecule has 0 atom stereocenters. The van der Waals surface area contributed by atoms with Gasteiger partial charge in [0.25, 0.3) is 0 Å². The maximum Gasteiger partial charge on any atom is 0.188 e. The Morgan fingerprint density at radius 2 is 2.17 bits per heavy atom. The molecule has 0 unspecified atom stereocenters. The number of nitrogens with two attached hydrogens (primary N) is 1. The SMILES string of the molecule is CC(C)NC(N)=NCCSCc1ccccc1F. The quantitative estimate of drug-likeness (QED) is 0.473. The van der Waals surface area contributed by atoms with Gasteiger partial charge in [-0.2, -0.15) is 11.8 Å². The maximum absolute atomic E-state index is 13.3. The van der Waals surface area contributed by atoms with Crippen LogP contribution in [0, 0.1) is 5.82 Å². The molecule has 1 aromatic carbocycles. The highest BCUT2D eigenvalue weighted by molar-refractivity contribution is 7.98. The predicted molar refractivity (Wildman–Crippen MR) is 77.3 cm³/mol. The molecule has 0 saturated carbocycles. The lowest BCUT2D eigenvalue weighted by Crippen LogP contribution is -2.36. The average Bonchev–Trinajstić information content (AvgIpc) is 2.30. The summed E-state index contributed by atoms with van der Waals surface area (Å²) in [7, 11) is 0. The number of guanidine groups is 1. The predicted octanol–water partition coefficient (Wildman–Crippen LogP) is 2.37. The molecule has 0 heterocycles. The van der Waals surface area contributed by atoms with Crippen LogP contribution in [0.15, 0.2) is 29.3 Å². The summed E-state index contributed by atoms with van der Waals surface area (Å²) in [5.41, 5.74) is 6.40. The summed E-state index contributed by atoms with van der Waals surface area (Å²) in [6, 6.07) is 7.13. The minimum atomic E-state index is -0.144. The summed E-state index contributed by atoms with van der Waals surface area (Å²) < 4.78 is 13.3. The number of hydrogen-bond donors (Lipinski definition) is 2. The van der Waals surface area contributed by atoms with E-state index < -0.39 is 0 Å². The lowest BCUT2D eigenvalue weighted by atomic mass is 10.2. The normalized spacial score (nSPS) is 11.9. The molecule has 0 bridgehead atoms. The highest BCUT2D eigenvalue weighted by Gasteiger charge is 2.00. The van der Waals surface area contributed by atoms with E-state index in [1.807, 2.05) is 19.9 Å². The second-order valence-corrected chi connectivity index (χ2v) is 5.32. The molecular weight excluding hydrogens is 249 g/mol. The van der Waals surface area contributed by atoms with Crippen molar-refractivity contribution < 1.29 is 4.39 Å². The fourth-order valence-corrected chi connectivity index (χ4v) is 2.19. The van der Waals surface area contributed by atoms with E-state index in [2.05, 4.69) is 10.3 Å². The third-order valence-electron chi connectivity index (χ3n) is 2.17. The lowest BCUT2D eigenvalue weighted by Gasteiger charge is -2.08. The van der Waals surface area contributed by atoms with Crippen molar-refractivity contribution in [3.63, 3.8) is 0 Å². The number of rotatable bonds is 6. The fourth-order valence-electron chi connectivity index (χ4n) is 1.37. The Balaban J connectivity index is 2.21. The molecule has 3 nitrogen and oxygen atoms in total. The van der Waals surface area contributed by atoms with E-state index in [0.717, 1.165) is 11.3 Å². The Kier molecular flexibility index (Phi) is 6.57. The number of aliphatic imine (C=N–C) groups is 1. The summed E-state index contributed by atoms with van der Waals surface area (Å²) >= 11 is 1.65. The van der Waals surface area contributed by atoms with Crippen LogP contribution >= 0.6 is 11.8 Å². The first-order valence-electron chi connectivity index (χ1n) is 5.97. The number of hydrogen-bond acceptors (Lipinski definition) is 2. The minimum Gasteiger partial charge on any atom is -0.370 e. The van der Waals surface area contributed by atoms with Gasteiger partial charge in [-0.05, 0) is 25.5 Å². The molecule has 0 spiro atoms. The molecule has 5 heteroatoms. The van der Waals surface area contributed by atoms with Crippen molar-refractivity contribution >= 4 is 17.7 Å². The van der Waals surface area contributed by atoms with E-state index >= 15 is 0 Å². The number of nitrogens with zero attached hydrogens (tertiary/aromatic N) is 1. The van der Waals surface area contributed by atoms with E-state index in [1.54, 1.807) is 23.9 Å². The fraction of sp³-hybridized carbons (Fsp3) is 0.462. The molecule has 0 aromatic heterocycles. The van der Waals surface area contributed by atoms with Crippen molar-refractivity contribution in [3.05, 3.63) is 35.6 Å². The molecule has 1 aromatic rings. The van der Waals surface area contributed by atoms with Gasteiger partial charge in [-0.1, -0.05) is 18.2 Å². The van der Waals surface area contributed by atoms with Crippen LogP contribution in [0.5, 0.6) is 0 Å². The van der Waals surface area contributed by atoms with Crippen LogP contribution in [0.4, 0.5) is 4.39 Å². The van der Waals surface area contributed by atoms with Crippen molar-refractivity contribution in [3.8, 4) is 0 Å². The van der Waals surface area contributed by atoms with Crippen LogP contribution in [-0.2, 0) is 5.75 Å². The van der Waals surface area contributed by atoms with E-state index in [9.17, 15) is 4.39 Å². The van der Waals surface area contributed by atoms with Crippen LogP contribution in [-0.4, -0.2) is 24.3 Å². The van der Waals surface area contributed by atoms with Crippen LogP contribution in [0.3, 0.4) is 0 Å². The van der Waals surface area contributed by atoms with E-state index in [4.69, 9.17) is 5.73 Å². The maximum atomic E-state index is 13.3. The number of thioether (sulfide) groups is 1. The van der Waals surface area contributed by atoms with Gasteiger partial charge in [-0.25, -0.2) is 4.39 Å². The van der Waals surface area contributed by atoms with Crippen molar-refractivity contribution in [1.82, 2.24) is 5.32 Å². The zero-order valence-corrected chi connectivity index (χ0v) is 11.6. The highest BCUT2D eigenvalue weighted by atomic mass is 32.2. The molecule has 0 saturated heterocycles. The largest absolute Gasteiger partial charge is 0.370 e. The Hall–Kier alpha value is -1.23. The van der Waals surface area contributed by atoms with Crippen molar-refractivity contribution in [2.24, 2.45) is 10.7 Å². The topological polar surface area (TPSA) is 50.4 Å². The summed E-state index contributed by atoms with van der Waals surface area (Å²) in [6.45, 7) is 4.66. The molecule has 3 N–H and O–H groups in total. The van der Waals surface area contributed by atoms with Gasteiger partial charge in [-0.3, -0.25) is 4.99 Å². The molecular formula is C13H20FN3S. The van der Waals surface area contributed by atoms with Gasteiger partial charge in [0.2, 0.25) is 0 Å². The first-order valence-corrected chi connectivity index (χ1v) is 7.12. The number of halogens is 1. The Bertz CT molecular complexity index is 394. The van der Waals surface area contributed by atoms with Gasteiger partial charge < -0.3 is 11.1 Å². The van der Waals surface area contributed by atoms with E-state index in [1.165, 1.54) is 6.07 Å². The Labute approximate surface area is 112 Å². The minimum absolute atomic E-state index is 0.144. The number of benzene rings is 1. The zero-order valence-electron chi connectivity index (χ0n) is 10.8. The standard InChI is InChI=1S/C13H20FN3S/c1-10(2)17-13(15)16-7-8-18-9-11-5-3-4-6-12(11)14/h3-6,10H,7-9H2,1-2H3,(H3,15,16,17). The molecule has 0 amide bonds. The van der Waals surface area contributed by atoms with Crippen molar-refractivity contribution in [1.29, 1.82) is 0 Å². The summed E-state index contributed by atoms with van der Waals surface area (Å²) in [6.07, 6.45) is 0. The first kappa shape index (κ1) is 14.8. The van der Waals surface area contributed by atoms with Gasteiger partial charge in [0.05, 0.1) is 6.54 Å². The van der Waals surface area contributed by atoms with Crippen LogP contribution in [0.1, 0.15) is 19.4 Å². The van der Waals surface area contributed by atoms with Gasteiger partial charge >= 0.3 is 0 Å². The first-order chi connectivity index (χ1) is 8.59. The van der Waals surface area contributed by atoms with Gasteiger partial charge in [0.15, 0.2) is 5.96 Å². The summed E-state index contributed by atoms with van der Waals surface area (Å²) in [4.78, 5) is 4.19. The molecule has 0 radical (unpaired) electrons. The van der Waals surface area contributed by atoms with Crippen molar-refractivity contribution in [2.75, 3.05) is 12.3 Å². The lowest BCUT2D eigenvalue weighted by molar-refractivity contribution is 0.617. The highest BCUT2D eigenvalue weighted by Crippen LogP contribution is 2.14. The smallest absolute Gasteiger partial charge is 0.188 e. The van der Waals surface area contributed by atoms with Crippen LogP contribution in [0.25, 0.3) is 0 Å². The van der Waals surface area contributed by atoms with Crippen molar-refractivity contribution in [2.45, 2.75) is 25.6 Å². The van der Waals surface area contributed by atoms with Gasteiger partial charge in [0.1, 0.15) is 5.82 Å². The molecule has 100 valence electrons. The third-order valence-corrected chi connectivity index (χ3v) is 3.16. The molecule has 1 rings (SSSR count). The van der Waals surface area contributed by atoms with Gasteiger partial charge in [0, 0.05) is 17.5 Å². The van der Waals surface area contributed by atoms with E-state index in [-0.39, 0.29) is 5.82 Å². The van der Waals surface area contributed by atoms with E-state index in [0.29, 0.717) is 24.3 Å². The second kappa shape index (κ2) is 7.97. The van der Waals surface area contributed by atoms with Crippen LogP contribution < -0.4 is 11.1 Å². The molecule has 0 aliphatic carbocycles. The average molecular weight is 269 g/mol. The zero-order chi connectivity index (χ0) is 13.4. The van der Waals surface area contributed by atoms with Gasteiger partial charge in [-0.15, -0.1) is 0 Å². The Morgan fingerprint density at radius 3 is 2.83 bits per heavy atom. The summed E-state index contributed by atoms with van der Waals surface area (Å²) in [5.74, 6) is 1.82.